The first kappa shape index (κ1) is 27.9. The number of primary sulfonamides is 1. The van der Waals surface area contributed by atoms with Gasteiger partial charge in [0.2, 0.25) is 15.9 Å². The summed E-state index contributed by atoms with van der Waals surface area (Å²) >= 11 is 1.19. The summed E-state index contributed by atoms with van der Waals surface area (Å²) in [6.07, 6.45) is -0.427. The minimum absolute atomic E-state index is 0.0387. The molecule has 1 heterocycles. The summed E-state index contributed by atoms with van der Waals surface area (Å²) in [6.45, 7) is 9.81. The average molecular weight is 538 g/mol. The normalized spacial score (nSPS) is 17.6. The molecule has 0 saturated carbocycles. The molecule has 11 heteroatoms. The maximum Gasteiger partial charge on any atom is 0.410 e. The third-order valence-corrected chi connectivity index (χ3v) is 7.88. The van der Waals surface area contributed by atoms with Gasteiger partial charge in [0.15, 0.2) is 0 Å². The van der Waals surface area contributed by atoms with E-state index in [0.717, 1.165) is 0 Å². The lowest BCUT2D eigenvalue weighted by atomic mass is 10.1. The number of sulfonamides is 1. The van der Waals surface area contributed by atoms with E-state index in [0.29, 0.717) is 35.7 Å². The molecule has 0 aromatic heterocycles. The summed E-state index contributed by atoms with van der Waals surface area (Å²) in [4.78, 5) is 30.1. The molecule has 36 heavy (non-hydrogen) atoms. The minimum Gasteiger partial charge on any atom is -0.444 e. The van der Waals surface area contributed by atoms with Crippen LogP contribution in [-0.2, 0) is 19.6 Å². The highest BCUT2D eigenvalue weighted by molar-refractivity contribution is 8.00. The number of carbonyl (C=O) groups is 2. The van der Waals surface area contributed by atoms with Gasteiger partial charge in [-0.25, -0.2) is 22.7 Å². The Labute approximate surface area is 216 Å². The third kappa shape index (κ3) is 6.98. The molecule has 0 spiro atoms. The minimum atomic E-state index is -3.85. The molecule has 2 N–H and O–H groups in total. The van der Waals surface area contributed by atoms with Crippen molar-refractivity contribution in [1.29, 1.82) is 0 Å². The first-order valence-electron chi connectivity index (χ1n) is 11.5. The van der Waals surface area contributed by atoms with Crippen LogP contribution in [0.3, 0.4) is 0 Å². The van der Waals surface area contributed by atoms with Crippen molar-refractivity contribution in [2.75, 3.05) is 19.6 Å². The lowest BCUT2D eigenvalue weighted by Gasteiger charge is -2.41. The number of amides is 2. The Bertz CT molecular complexity index is 1230. The van der Waals surface area contributed by atoms with Gasteiger partial charge in [-0.05, 0) is 76.1 Å². The molecule has 0 bridgehead atoms. The van der Waals surface area contributed by atoms with Crippen LogP contribution in [-0.4, -0.2) is 61.5 Å². The summed E-state index contributed by atoms with van der Waals surface area (Å²) in [5, 5.41) is 4.40. The van der Waals surface area contributed by atoms with Crippen LogP contribution in [0.25, 0.3) is 0 Å². The smallest absolute Gasteiger partial charge is 0.410 e. The monoisotopic (exact) mass is 537 g/mol. The van der Waals surface area contributed by atoms with Crippen molar-refractivity contribution in [3.8, 4) is 0 Å². The maximum absolute atomic E-state index is 14.4. The number of halogens is 1. The molecular formula is C25H32FN3O5S2. The van der Waals surface area contributed by atoms with Gasteiger partial charge in [-0.15, -0.1) is 11.8 Å². The number of thioether (sulfide) groups is 1. The molecular weight excluding hydrogens is 505 g/mol. The second-order valence-corrected chi connectivity index (χ2v) is 12.6. The predicted octanol–water partition coefficient (Wildman–Crippen LogP) is 4.08. The zero-order valence-electron chi connectivity index (χ0n) is 21.0. The van der Waals surface area contributed by atoms with Gasteiger partial charge in [-0.1, -0.05) is 12.1 Å². The standard InChI is InChI=1S/C25H32FN3O5S2/c1-16-6-7-18(14-21(16)26)22(35-19-8-10-20(11-9-19)36(27,32)33)23(30)28-12-13-29(17(2)15-28)24(31)34-25(3,4)5/h6-11,14,17,22H,12-13,15H2,1-5H3,(H2,27,32,33)/t17-,22?/m1/s1. The van der Waals surface area contributed by atoms with E-state index in [1.54, 1.807) is 61.8 Å². The number of ether oxygens (including phenoxy) is 1. The van der Waals surface area contributed by atoms with Crippen LogP contribution < -0.4 is 5.14 Å². The molecule has 0 radical (unpaired) electrons. The van der Waals surface area contributed by atoms with Crippen LogP contribution in [0.2, 0.25) is 0 Å². The molecule has 1 aliphatic heterocycles. The molecule has 1 unspecified atom stereocenters. The molecule has 1 aliphatic rings. The Kier molecular flexibility index (Phi) is 8.37. The molecule has 1 saturated heterocycles. The van der Waals surface area contributed by atoms with Crippen LogP contribution in [0, 0.1) is 12.7 Å². The molecule has 2 atom stereocenters. The maximum atomic E-state index is 14.4. The van der Waals surface area contributed by atoms with E-state index in [1.165, 1.54) is 30.0 Å². The number of piperazine rings is 1. The SMILES string of the molecule is Cc1ccc(C(Sc2ccc(S(N)(=O)=O)cc2)C(=O)N2CCN(C(=O)OC(C)(C)C)[C@H](C)C2)cc1F. The van der Waals surface area contributed by atoms with Gasteiger partial charge in [-0.3, -0.25) is 4.79 Å². The van der Waals surface area contributed by atoms with Crippen molar-refractivity contribution in [2.24, 2.45) is 5.14 Å². The average Bonchev–Trinajstić information content (AvgIpc) is 2.77. The Morgan fingerprint density at radius 1 is 1.14 bits per heavy atom. The second-order valence-electron chi connectivity index (χ2n) is 9.83. The fourth-order valence-corrected chi connectivity index (χ4v) is 5.41. The van der Waals surface area contributed by atoms with Crippen molar-refractivity contribution >= 4 is 33.8 Å². The van der Waals surface area contributed by atoms with Crippen molar-refractivity contribution in [3.63, 3.8) is 0 Å². The molecule has 196 valence electrons. The highest BCUT2D eigenvalue weighted by atomic mass is 32.2. The lowest BCUT2D eigenvalue weighted by Crippen LogP contribution is -2.56. The van der Waals surface area contributed by atoms with Crippen LogP contribution in [0.5, 0.6) is 0 Å². The fourth-order valence-electron chi connectivity index (χ4n) is 3.79. The van der Waals surface area contributed by atoms with Gasteiger partial charge in [-0.2, -0.15) is 0 Å². The second kappa shape index (κ2) is 10.8. The molecule has 2 aromatic carbocycles. The van der Waals surface area contributed by atoms with Gasteiger partial charge >= 0.3 is 6.09 Å². The van der Waals surface area contributed by atoms with Crippen LogP contribution in [0.4, 0.5) is 9.18 Å². The lowest BCUT2D eigenvalue weighted by molar-refractivity contribution is -0.133. The molecule has 0 aliphatic carbocycles. The van der Waals surface area contributed by atoms with Gasteiger partial charge < -0.3 is 14.5 Å². The summed E-state index contributed by atoms with van der Waals surface area (Å²) in [6, 6.07) is 10.3. The number of benzene rings is 2. The number of rotatable bonds is 5. The van der Waals surface area contributed by atoms with E-state index in [-0.39, 0.29) is 16.8 Å². The number of carbonyl (C=O) groups excluding carboxylic acids is 2. The quantitative estimate of drug-likeness (QED) is 0.576. The highest BCUT2D eigenvalue weighted by Crippen LogP contribution is 2.38. The van der Waals surface area contributed by atoms with E-state index in [4.69, 9.17) is 9.88 Å². The van der Waals surface area contributed by atoms with Gasteiger partial charge in [0.25, 0.3) is 0 Å². The Balaban J connectivity index is 1.84. The molecule has 8 nitrogen and oxygen atoms in total. The first-order valence-corrected chi connectivity index (χ1v) is 13.9. The van der Waals surface area contributed by atoms with Crippen molar-refractivity contribution < 1.29 is 27.1 Å². The van der Waals surface area contributed by atoms with E-state index in [9.17, 15) is 22.4 Å². The Hall–Kier alpha value is -2.63. The highest BCUT2D eigenvalue weighted by Gasteiger charge is 2.35. The number of hydrogen-bond acceptors (Lipinski definition) is 6. The predicted molar refractivity (Wildman–Crippen MR) is 137 cm³/mol. The largest absolute Gasteiger partial charge is 0.444 e. The summed E-state index contributed by atoms with van der Waals surface area (Å²) in [5.41, 5.74) is 0.331. The van der Waals surface area contributed by atoms with E-state index in [2.05, 4.69) is 0 Å². The summed E-state index contributed by atoms with van der Waals surface area (Å²) < 4.78 is 43.1. The zero-order chi connectivity index (χ0) is 26.8. The number of hydrogen-bond donors (Lipinski definition) is 1. The Morgan fingerprint density at radius 2 is 1.78 bits per heavy atom. The molecule has 1 fully saturated rings. The van der Waals surface area contributed by atoms with Crippen LogP contribution in [0.15, 0.2) is 52.3 Å². The van der Waals surface area contributed by atoms with Gasteiger partial charge in [0, 0.05) is 30.6 Å². The van der Waals surface area contributed by atoms with E-state index in [1.807, 2.05) is 6.92 Å². The van der Waals surface area contributed by atoms with E-state index < -0.39 is 32.8 Å². The van der Waals surface area contributed by atoms with Crippen molar-refractivity contribution in [2.45, 2.75) is 61.3 Å². The fraction of sp³-hybridized carbons (Fsp3) is 0.440. The summed E-state index contributed by atoms with van der Waals surface area (Å²) in [7, 11) is -3.85. The van der Waals surface area contributed by atoms with Crippen LogP contribution in [0.1, 0.15) is 44.1 Å². The number of nitrogens with zero attached hydrogens (tertiary/aromatic N) is 2. The van der Waals surface area contributed by atoms with Gasteiger partial charge in [0.05, 0.1) is 4.90 Å². The zero-order valence-corrected chi connectivity index (χ0v) is 22.7. The summed E-state index contributed by atoms with van der Waals surface area (Å²) in [5.74, 6) is -0.645. The topological polar surface area (TPSA) is 110 Å². The van der Waals surface area contributed by atoms with Crippen molar-refractivity contribution in [3.05, 3.63) is 59.4 Å². The number of aryl methyl sites for hydroxylation is 1. The molecule has 3 rings (SSSR count). The van der Waals surface area contributed by atoms with Crippen molar-refractivity contribution in [1.82, 2.24) is 9.80 Å². The number of nitrogens with two attached hydrogens (primary N) is 1. The Morgan fingerprint density at radius 3 is 2.31 bits per heavy atom. The third-order valence-electron chi connectivity index (χ3n) is 5.70. The molecule has 2 amide bonds. The first-order chi connectivity index (χ1) is 16.7. The van der Waals surface area contributed by atoms with Gasteiger partial charge in [0.1, 0.15) is 16.7 Å². The van der Waals surface area contributed by atoms with E-state index >= 15 is 0 Å². The van der Waals surface area contributed by atoms with Crippen LogP contribution >= 0.6 is 11.8 Å². The molecule has 2 aromatic rings.